The molecule has 0 bridgehead atoms. The van der Waals surface area contributed by atoms with E-state index >= 15 is 0 Å². The van der Waals surface area contributed by atoms with Crippen LogP contribution in [0.4, 0.5) is 13.9 Å². The monoisotopic (exact) mass is 404 g/mol. The molecule has 28 heavy (non-hydrogen) atoms. The Morgan fingerprint density at radius 3 is 2.43 bits per heavy atom. The maximum atomic E-state index is 14.2. The SMILES string of the molecule is Cc1cc2nc(N(CCC[NH+](C)C)C(=O)c3c(F)cccc3F)sc2cc1C. The van der Waals surface area contributed by atoms with Gasteiger partial charge in [-0.3, -0.25) is 9.69 Å². The third kappa shape index (κ3) is 4.20. The van der Waals surface area contributed by atoms with E-state index in [1.807, 2.05) is 40.1 Å². The van der Waals surface area contributed by atoms with Crippen molar-refractivity contribution in [1.29, 1.82) is 0 Å². The molecule has 0 spiro atoms. The normalized spacial score (nSPS) is 11.4. The number of hydrogen-bond acceptors (Lipinski definition) is 3. The molecule has 0 saturated heterocycles. The number of benzene rings is 2. The fraction of sp³-hybridized carbons (Fsp3) is 0.333. The fourth-order valence-corrected chi connectivity index (χ4v) is 4.07. The Kier molecular flexibility index (Phi) is 6.05. The summed E-state index contributed by atoms with van der Waals surface area (Å²) in [6.07, 6.45) is 0.693. The van der Waals surface area contributed by atoms with Gasteiger partial charge in [-0.15, -0.1) is 0 Å². The Morgan fingerprint density at radius 1 is 1.14 bits per heavy atom. The van der Waals surface area contributed by atoms with E-state index in [4.69, 9.17) is 0 Å². The third-order valence-electron chi connectivity index (χ3n) is 4.70. The predicted octanol–water partition coefficient (Wildman–Crippen LogP) is 3.37. The van der Waals surface area contributed by atoms with Gasteiger partial charge in [0.05, 0.1) is 30.9 Å². The number of rotatable bonds is 6. The highest BCUT2D eigenvalue weighted by Gasteiger charge is 2.26. The van der Waals surface area contributed by atoms with Crippen molar-refractivity contribution in [2.75, 3.05) is 32.1 Å². The van der Waals surface area contributed by atoms with Gasteiger partial charge < -0.3 is 4.90 Å². The van der Waals surface area contributed by atoms with Crippen molar-refractivity contribution < 1.29 is 18.5 Å². The molecular formula is C21H24F2N3OS+. The Hall–Kier alpha value is -2.38. The van der Waals surface area contributed by atoms with Crippen LogP contribution in [0.25, 0.3) is 10.2 Å². The molecule has 0 unspecified atom stereocenters. The molecule has 4 nitrogen and oxygen atoms in total. The number of aromatic nitrogens is 1. The first-order chi connectivity index (χ1) is 13.3. The average molecular weight is 405 g/mol. The Morgan fingerprint density at radius 2 is 1.79 bits per heavy atom. The molecule has 0 fully saturated rings. The van der Waals surface area contributed by atoms with Crippen LogP contribution in [0.15, 0.2) is 30.3 Å². The minimum Gasteiger partial charge on any atom is -0.340 e. The zero-order valence-corrected chi connectivity index (χ0v) is 17.3. The summed E-state index contributed by atoms with van der Waals surface area (Å²) in [7, 11) is 4.04. The lowest BCUT2D eigenvalue weighted by atomic mass is 10.1. The molecule has 0 aliphatic rings. The predicted molar refractivity (Wildman–Crippen MR) is 109 cm³/mol. The molecule has 0 saturated carbocycles. The highest BCUT2D eigenvalue weighted by atomic mass is 32.1. The molecule has 1 N–H and O–H groups in total. The standard InChI is InChI=1S/C21H23F2N3OS/c1-13-11-17-18(12-14(13)2)28-21(24-17)26(10-6-9-25(3)4)20(27)19-15(22)7-5-8-16(19)23/h5,7-8,11-12H,6,9-10H2,1-4H3/p+1. The van der Waals surface area contributed by atoms with Crippen molar-refractivity contribution in [1.82, 2.24) is 4.98 Å². The summed E-state index contributed by atoms with van der Waals surface area (Å²) in [4.78, 5) is 20.3. The molecule has 3 rings (SSSR count). The van der Waals surface area contributed by atoms with E-state index in [0.29, 0.717) is 18.1 Å². The largest absolute Gasteiger partial charge is 0.340 e. The first kappa shape index (κ1) is 20.4. The van der Waals surface area contributed by atoms with Crippen LogP contribution in [0.3, 0.4) is 0 Å². The number of fused-ring (bicyclic) bond motifs is 1. The van der Waals surface area contributed by atoms with E-state index in [0.717, 1.165) is 40.0 Å². The molecule has 1 amide bonds. The van der Waals surface area contributed by atoms with E-state index in [-0.39, 0.29) is 0 Å². The van der Waals surface area contributed by atoms with Gasteiger partial charge in [0.15, 0.2) is 5.13 Å². The smallest absolute Gasteiger partial charge is 0.266 e. The van der Waals surface area contributed by atoms with Crippen molar-refractivity contribution >= 4 is 32.6 Å². The molecule has 148 valence electrons. The molecule has 2 aromatic carbocycles. The van der Waals surface area contributed by atoms with Gasteiger partial charge in [0.25, 0.3) is 5.91 Å². The summed E-state index contributed by atoms with van der Waals surface area (Å²) in [5.74, 6) is -2.42. The lowest BCUT2D eigenvalue weighted by molar-refractivity contribution is -0.858. The summed E-state index contributed by atoms with van der Waals surface area (Å²) >= 11 is 1.36. The summed E-state index contributed by atoms with van der Waals surface area (Å²) < 4.78 is 29.4. The Bertz CT molecular complexity index is 957. The van der Waals surface area contributed by atoms with Crippen molar-refractivity contribution in [3.8, 4) is 0 Å². The number of anilines is 1. The number of carbonyl (C=O) groups is 1. The first-order valence-corrected chi connectivity index (χ1v) is 10.0. The van der Waals surface area contributed by atoms with Crippen LogP contribution >= 0.6 is 11.3 Å². The molecule has 7 heteroatoms. The number of hydrogen-bond donors (Lipinski definition) is 1. The number of halogens is 2. The van der Waals surface area contributed by atoms with E-state index in [9.17, 15) is 13.6 Å². The average Bonchev–Trinajstić information content (AvgIpc) is 3.00. The van der Waals surface area contributed by atoms with E-state index in [1.165, 1.54) is 27.2 Å². The van der Waals surface area contributed by atoms with Crippen molar-refractivity contribution in [3.05, 3.63) is 58.7 Å². The third-order valence-corrected chi connectivity index (χ3v) is 5.74. The summed E-state index contributed by atoms with van der Waals surface area (Å²) in [5, 5.41) is 0.460. The van der Waals surface area contributed by atoms with Gasteiger partial charge in [-0.25, -0.2) is 13.8 Å². The second kappa shape index (κ2) is 8.32. The Balaban J connectivity index is 2.02. The lowest BCUT2D eigenvalue weighted by Gasteiger charge is -2.21. The summed E-state index contributed by atoms with van der Waals surface area (Å²) in [6, 6.07) is 7.46. The number of nitrogens with one attached hydrogen (secondary N) is 1. The van der Waals surface area contributed by atoms with Crippen molar-refractivity contribution in [2.45, 2.75) is 20.3 Å². The van der Waals surface area contributed by atoms with E-state index in [2.05, 4.69) is 4.98 Å². The van der Waals surface area contributed by atoms with Gasteiger partial charge in [-0.05, 0) is 49.2 Å². The lowest BCUT2D eigenvalue weighted by Crippen LogP contribution is -3.05. The van der Waals surface area contributed by atoms with Gasteiger partial charge in [0.1, 0.15) is 17.2 Å². The maximum Gasteiger partial charge on any atom is 0.266 e. The van der Waals surface area contributed by atoms with Gasteiger partial charge in [-0.1, -0.05) is 17.4 Å². The van der Waals surface area contributed by atoms with Crippen LogP contribution < -0.4 is 9.80 Å². The topological polar surface area (TPSA) is 37.6 Å². The van der Waals surface area contributed by atoms with Crippen LogP contribution in [0.2, 0.25) is 0 Å². The second-order valence-electron chi connectivity index (χ2n) is 7.26. The second-order valence-corrected chi connectivity index (χ2v) is 8.27. The van der Waals surface area contributed by atoms with Crippen LogP contribution in [0, 0.1) is 25.5 Å². The van der Waals surface area contributed by atoms with Crippen LogP contribution in [0.5, 0.6) is 0 Å². The first-order valence-electron chi connectivity index (χ1n) is 9.20. The minimum absolute atomic E-state index is 0.343. The number of amides is 1. The van der Waals surface area contributed by atoms with Crippen molar-refractivity contribution in [3.63, 3.8) is 0 Å². The Labute approximate surface area is 167 Å². The zero-order valence-electron chi connectivity index (χ0n) is 16.5. The number of quaternary nitrogens is 1. The van der Waals surface area contributed by atoms with Crippen LogP contribution in [0.1, 0.15) is 27.9 Å². The molecule has 1 heterocycles. The molecule has 0 aliphatic carbocycles. The quantitative estimate of drug-likeness (QED) is 0.684. The van der Waals surface area contributed by atoms with Crippen LogP contribution in [-0.2, 0) is 0 Å². The van der Waals surface area contributed by atoms with Gasteiger partial charge in [-0.2, -0.15) is 0 Å². The molecule has 1 aromatic heterocycles. The number of aryl methyl sites for hydroxylation is 2. The number of carbonyl (C=O) groups excluding carboxylic acids is 1. The van der Waals surface area contributed by atoms with Crippen molar-refractivity contribution in [2.24, 2.45) is 0 Å². The van der Waals surface area contributed by atoms with E-state index < -0.39 is 23.1 Å². The summed E-state index contributed by atoms with van der Waals surface area (Å²) in [5.41, 5.74) is 2.50. The van der Waals surface area contributed by atoms with Crippen LogP contribution in [-0.4, -0.2) is 38.1 Å². The number of nitrogens with zero attached hydrogens (tertiary/aromatic N) is 2. The highest BCUT2D eigenvalue weighted by Crippen LogP contribution is 2.32. The number of thiazole rings is 1. The highest BCUT2D eigenvalue weighted by molar-refractivity contribution is 7.22. The molecule has 0 radical (unpaired) electrons. The van der Waals surface area contributed by atoms with Gasteiger partial charge in [0.2, 0.25) is 0 Å². The van der Waals surface area contributed by atoms with E-state index in [1.54, 1.807) is 0 Å². The maximum absolute atomic E-state index is 14.2. The zero-order chi connectivity index (χ0) is 20.4. The molecule has 3 aromatic rings. The van der Waals surface area contributed by atoms with Gasteiger partial charge >= 0.3 is 0 Å². The fourth-order valence-electron chi connectivity index (χ4n) is 3.00. The molecule has 0 atom stereocenters. The minimum atomic E-state index is -0.860. The molecular weight excluding hydrogens is 380 g/mol. The van der Waals surface area contributed by atoms with Gasteiger partial charge in [0, 0.05) is 13.0 Å². The summed E-state index contributed by atoms with van der Waals surface area (Å²) in [6.45, 7) is 5.19. The molecule has 0 aliphatic heterocycles.